The van der Waals surface area contributed by atoms with Gasteiger partial charge in [0.25, 0.3) is 0 Å². The molecule has 0 atom stereocenters. The summed E-state index contributed by atoms with van der Waals surface area (Å²) in [5.74, 6) is 0.919. The van der Waals surface area contributed by atoms with Crippen molar-refractivity contribution in [3.63, 3.8) is 0 Å². The molecule has 23 heavy (non-hydrogen) atoms. The highest BCUT2D eigenvalue weighted by molar-refractivity contribution is 14.1. The summed E-state index contributed by atoms with van der Waals surface area (Å²) in [5.41, 5.74) is 3.75. The van der Waals surface area contributed by atoms with Crippen molar-refractivity contribution < 1.29 is 9.47 Å². The molecule has 0 aromatic heterocycles. The molecule has 0 unspecified atom stereocenters. The number of anilines is 1. The molecule has 0 saturated carbocycles. The molecule has 1 heterocycles. The van der Waals surface area contributed by atoms with Crippen LogP contribution in [-0.4, -0.2) is 32.4 Å². The average molecular weight is 423 g/mol. The third kappa shape index (κ3) is 4.18. The molecule has 3 nitrogen and oxygen atoms in total. The lowest BCUT2D eigenvalue weighted by molar-refractivity contribution is 0.122. The number of morpholine rings is 1. The number of halogens is 1. The summed E-state index contributed by atoms with van der Waals surface area (Å²) in [6.45, 7) is 7.62. The van der Waals surface area contributed by atoms with E-state index in [1.165, 1.54) is 20.4 Å². The first-order valence-corrected chi connectivity index (χ1v) is 9.11. The van der Waals surface area contributed by atoms with Gasteiger partial charge in [-0.2, -0.15) is 0 Å². The number of ether oxygens (including phenoxy) is 2. The van der Waals surface area contributed by atoms with Crippen molar-refractivity contribution in [3.05, 3.63) is 46.0 Å². The summed E-state index contributed by atoms with van der Waals surface area (Å²) in [7, 11) is 0. The molecule has 0 aliphatic carbocycles. The van der Waals surface area contributed by atoms with E-state index in [2.05, 4.69) is 57.8 Å². The maximum Gasteiger partial charge on any atom is 0.119 e. The van der Waals surface area contributed by atoms with E-state index in [0.29, 0.717) is 0 Å². The zero-order valence-corrected chi connectivity index (χ0v) is 15.7. The second-order valence-corrected chi connectivity index (χ2v) is 7.12. The number of benzene rings is 2. The van der Waals surface area contributed by atoms with Crippen LogP contribution in [0.3, 0.4) is 0 Å². The smallest absolute Gasteiger partial charge is 0.119 e. The van der Waals surface area contributed by atoms with Gasteiger partial charge in [0, 0.05) is 16.7 Å². The van der Waals surface area contributed by atoms with Gasteiger partial charge >= 0.3 is 0 Å². The average Bonchev–Trinajstić information content (AvgIpc) is 2.56. The van der Waals surface area contributed by atoms with E-state index in [0.717, 1.165) is 32.1 Å². The Balaban J connectivity index is 1.85. The summed E-state index contributed by atoms with van der Waals surface area (Å²) < 4.78 is 12.5. The van der Waals surface area contributed by atoms with E-state index in [-0.39, 0.29) is 6.10 Å². The second-order valence-electron chi connectivity index (χ2n) is 5.96. The highest BCUT2D eigenvalue weighted by Gasteiger charge is 2.14. The molecule has 0 radical (unpaired) electrons. The van der Waals surface area contributed by atoms with Crippen LogP contribution < -0.4 is 9.64 Å². The fourth-order valence-corrected chi connectivity index (χ4v) is 3.41. The Morgan fingerprint density at radius 3 is 2.30 bits per heavy atom. The van der Waals surface area contributed by atoms with Crippen LogP contribution in [0.15, 0.2) is 42.5 Å². The van der Waals surface area contributed by atoms with E-state index >= 15 is 0 Å². The zero-order valence-electron chi connectivity index (χ0n) is 13.6. The lowest BCUT2D eigenvalue weighted by Gasteiger charge is -2.30. The molecule has 0 spiro atoms. The lowest BCUT2D eigenvalue weighted by atomic mass is 10.0. The van der Waals surface area contributed by atoms with Gasteiger partial charge < -0.3 is 14.4 Å². The Labute approximate surface area is 151 Å². The highest BCUT2D eigenvalue weighted by atomic mass is 127. The van der Waals surface area contributed by atoms with Crippen LogP contribution in [0, 0.1) is 3.57 Å². The standard InChI is InChI=1S/C19H22INO2/c1-14(2)23-17-6-3-15(4-7-17)16-5-8-18(20)19(13-16)21-9-11-22-12-10-21/h3-8,13-14H,9-12H2,1-2H3. The highest BCUT2D eigenvalue weighted by Crippen LogP contribution is 2.30. The van der Waals surface area contributed by atoms with Crippen molar-refractivity contribution in [2.24, 2.45) is 0 Å². The van der Waals surface area contributed by atoms with Gasteiger partial charge in [-0.1, -0.05) is 18.2 Å². The third-order valence-corrected chi connectivity index (χ3v) is 4.77. The molecule has 1 aliphatic heterocycles. The van der Waals surface area contributed by atoms with Gasteiger partial charge in [0.15, 0.2) is 0 Å². The Bertz CT molecular complexity index is 649. The van der Waals surface area contributed by atoms with Crippen LogP contribution >= 0.6 is 22.6 Å². The van der Waals surface area contributed by atoms with Gasteiger partial charge in [0.05, 0.1) is 25.0 Å². The number of nitrogens with zero attached hydrogens (tertiary/aromatic N) is 1. The predicted molar refractivity (Wildman–Crippen MR) is 103 cm³/mol. The summed E-state index contributed by atoms with van der Waals surface area (Å²) in [6.07, 6.45) is 0.201. The van der Waals surface area contributed by atoms with Crippen molar-refractivity contribution in [2.45, 2.75) is 20.0 Å². The maximum atomic E-state index is 5.72. The predicted octanol–water partition coefficient (Wildman–Crippen LogP) is 4.58. The Hall–Kier alpha value is -1.27. The van der Waals surface area contributed by atoms with E-state index in [1.54, 1.807) is 0 Å². The molecule has 3 rings (SSSR count). The third-order valence-electron chi connectivity index (χ3n) is 3.86. The first-order chi connectivity index (χ1) is 11.1. The summed E-state index contributed by atoms with van der Waals surface area (Å²) in [5, 5.41) is 0. The topological polar surface area (TPSA) is 21.7 Å². The van der Waals surface area contributed by atoms with Crippen molar-refractivity contribution in [1.29, 1.82) is 0 Å². The molecule has 0 amide bonds. The minimum Gasteiger partial charge on any atom is -0.491 e. The molecule has 1 aliphatic rings. The zero-order chi connectivity index (χ0) is 16.2. The maximum absolute atomic E-state index is 5.72. The number of hydrogen-bond donors (Lipinski definition) is 0. The lowest BCUT2D eigenvalue weighted by Crippen LogP contribution is -2.36. The van der Waals surface area contributed by atoms with Gasteiger partial charge in [-0.3, -0.25) is 0 Å². The van der Waals surface area contributed by atoms with Crippen LogP contribution in [0.25, 0.3) is 11.1 Å². The Morgan fingerprint density at radius 1 is 1.00 bits per heavy atom. The molecule has 2 aromatic carbocycles. The number of hydrogen-bond acceptors (Lipinski definition) is 3. The molecule has 4 heteroatoms. The van der Waals surface area contributed by atoms with E-state index in [4.69, 9.17) is 9.47 Å². The monoisotopic (exact) mass is 423 g/mol. The van der Waals surface area contributed by atoms with Crippen LogP contribution in [-0.2, 0) is 4.74 Å². The van der Waals surface area contributed by atoms with Crippen molar-refractivity contribution in [2.75, 3.05) is 31.2 Å². The molecule has 0 N–H and O–H groups in total. The number of rotatable bonds is 4. The van der Waals surface area contributed by atoms with Gasteiger partial charge in [-0.05, 0) is 71.8 Å². The van der Waals surface area contributed by atoms with Crippen molar-refractivity contribution in [1.82, 2.24) is 0 Å². The first kappa shape index (κ1) is 16.6. The molecule has 1 saturated heterocycles. The SMILES string of the molecule is CC(C)Oc1ccc(-c2ccc(I)c(N3CCOCC3)c2)cc1. The second kappa shape index (κ2) is 7.53. The summed E-state index contributed by atoms with van der Waals surface area (Å²) >= 11 is 2.41. The van der Waals surface area contributed by atoms with Crippen LogP contribution in [0.5, 0.6) is 5.75 Å². The quantitative estimate of drug-likeness (QED) is 0.672. The van der Waals surface area contributed by atoms with Gasteiger partial charge in [-0.25, -0.2) is 0 Å². The molecule has 0 bridgehead atoms. The Morgan fingerprint density at radius 2 is 1.65 bits per heavy atom. The van der Waals surface area contributed by atoms with E-state index in [9.17, 15) is 0 Å². The molecule has 122 valence electrons. The normalized spacial score (nSPS) is 15.0. The van der Waals surface area contributed by atoms with Gasteiger partial charge in [0.2, 0.25) is 0 Å². The van der Waals surface area contributed by atoms with Gasteiger partial charge in [-0.15, -0.1) is 0 Å². The summed E-state index contributed by atoms with van der Waals surface area (Å²) in [6, 6.07) is 15.0. The van der Waals surface area contributed by atoms with Crippen LogP contribution in [0.2, 0.25) is 0 Å². The van der Waals surface area contributed by atoms with Gasteiger partial charge in [0.1, 0.15) is 5.75 Å². The minimum absolute atomic E-state index is 0.201. The van der Waals surface area contributed by atoms with Crippen LogP contribution in [0.4, 0.5) is 5.69 Å². The van der Waals surface area contributed by atoms with E-state index in [1.807, 2.05) is 26.0 Å². The molecular weight excluding hydrogens is 401 g/mol. The first-order valence-electron chi connectivity index (χ1n) is 8.03. The summed E-state index contributed by atoms with van der Waals surface area (Å²) in [4.78, 5) is 2.41. The van der Waals surface area contributed by atoms with E-state index < -0.39 is 0 Å². The minimum atomic E-state index is 0.201. The molecule has 2 aromatic rings. The largest absolute Gasteiger partial charge is 0.491 e. The van der Waals surface area contributed by atoms with Crippen molar-refractivity contribution in [3.8, 4) is 16.9 Å². The van der Waals surface area contributed by atoms with Crippen LogP contribution in [0.1, 0.15) is 13.8 Å². The van der Waals surface area contributed by atoms with Crippen molar-refractivity contribution >= 4 is 28.3 Å². The fraction of sp³-hybridized carbons (Fsp3) is 0.368. The fourth-order valence-electron chi connectivity index (χ4n) is 2.74. The Kier molecular flexibility index (Phi) is 5.43. The molecular formula is C19H22INO2. The molecule has 1 fully saturated rings.